The second-order valence-corrected chi connectivity index (χ2v) is 14.8. The molecule has 2 atom stereocenters. The number of hydrogen-bond acceptors (Lipinski definition) is 5. The number of nitrogens with one attached hydrogen (secondary N) is 1. The zero-order valence-corrected chi connectivity index (χ0v) is 21.3. The van der Waals surface area contributed by atoms with Crippen molar-refractivity contribution in [2.45, 2.75) is 67.3 Å². The molecule has 2 aliphatic heterocycles. The largest absolute Gasteiger partial charge is 0.326 e. The van der Waals surface area contributed by atoms with Crippen molar-refractivity contribution in [3.05, 3.63) is 23.8 Å². The van der Waals surface area contributed by atoms with Gasteiger partial charge in [0.25, 0.3) is 0 Å². The number of sulfonamides is 1. The van der Waals surface area contributed by atoms with Crippen molar-refractivity contribution in [3.63, 3.8) is 0 Å². The molecule has 2 saturated heterocycles. The summed E-state index contributed by atoms with van der Waals surface area (Å²) < 4.78 is 28.2. The smallest absolute Gasteiger partial charge is 0.243 e. The summed E-state index contributed by atoms with van der Waals surface area (Å²) >= 11 is 4.31. The van der Waals surface area contributed by atoms with Gasteiger partial charge in [-0.3, -0.25) is 4.79 Å². The lowest BCUT2D eigenvalue weighted by Crippen LogP contribution is -2.48. The van der Waals surface area contributed by atoms with E-state index in [1.165, 1.54) is 30.8 Å². The highest BCUT2D eigenvalue weighted by molar-refractivity contribution is 8.21. The highest BCUT2D eigenvalue weighted by atomic mass is 32.2. The molecule has 2 heterocycles. The number of carbonyl (C=O) groups is 1. The van der Waals surface area contributed by atoms with Crippen LogP contribution in [0.1, 0.15) is 56.9 Å². The first-order valence-corrected chi connectivity index (χ1v) is 15.5. The molecule has 176 valence electrons. The van der Waals surface area contributed by atoms with Crippen LogP contribution in [-0.2, 0) is 14.8 Å². The van der Waals surface area contributed by atoms with Crippen molar-refractivity contribution >= 4 is 45.1 Å². The first kappa shape index (κ1) is 23.1. The standard InChI is InChI=1S/C24H34N2O3S3/c1-17-8-9-21(32(28,29)26-10-3-2-4-11-26)16-22(17)25-23(27)18-14-19-6-5-7-20(15-18)24(19)30-12-13-31-24/h8-9,16,18-20H,2-7,10-15H2,1H3,(H,25,27). The molecule has 2 unspecified atom stereocenters. The quantitative estimate of drug-likeness (QED) is 0.630. The zero-order valence-electron chi connectivity index (χ0n) is 18.8. The number of hydrogen-bond donors (Lipinski definition) is 1. The Morgan fingerprint density at radius 1 is 1.03 bits per heavy atom. The van der Waals surface area contributed by atoms with Crippen LogP contribution < -0.4 is 5.32 Å². The monoisotopic (exact) mass is 494 g/mol. The summed E-state index contributed by atoms with van der Waals surface area (Å²) in [4.78, 5) is 13.6. The fourth-order valence-electron chi connectivity index (χ4n) is 6.21. The summed E-state index contributed by atoms with van der Waals surface area (Å²) in [7, 11) is -3.51. The fourth-order valence-corrected chi connectivity index (χ4v) is 11.7. The normalized spacial score (nSPS) is 30.3. The number of benzene rings is 1. The average Bonchev–Trinajstić information content (AvgIpc) is 3.25. The van der Waals surface area contributed by atoms with E-state index in [1.54, 1.807) is 16.4 Å². The molecule has 1 amide bonds. The third kappa shape index (κ3) is 4.14. The maximum absolute atomic E-state index is 13.3. The molecular formula is C24H34N2O3S3. The van der Waals surface area contributed by atoms with Gasteiger partial charge in [0.1, 0.15) is 0 Å². The predicted octanol–water partition coefficient (Wildman–Crippen LogP) is 5.11. The Morgan fingerprint density at radius 2 is 1.69 bits per heavy atom. The van der Waals surface area contributed by atoms with Gasteiger partial charge >= 0.3 is 0 Å². The van der Waals surface area contributed by atoms with Crippen LogP contribution in [0.25, 0.3) is 0 Å². The number of thioether (sulfide) groups is 2. The fraction of sp³-hybridized carbons (Fsp3) is 0.708. The summed E-state index contributed by atoms with van der Waals surface area (Å²) in [6.07, 6.45) is 8.62. The number of amides is 1. The van der Waals surface area contributed by atoms with E-state index in [-0.39, 0.29) is 11.8 Å². The Morgan fingerprint density at radius 3 is 2.34 bits per heavy atom. The van der Waals surface area contributed by atoms with Gasteiger partial charge in [-0.1, -0.05) is 18.9 Å². The van der Waals surface area contributed by atoms with Gasteiger partial charge in [-0.05, 0) is 75.0 Å². The van der Waals surface area contributed by atoms with Gasteiger partial charge in [-0.25, -0.2) is 8.42 Å². The van der Waals surface area contributed by atoms with Crippen molar-refractivity contribution < 1.29 is 13.2 Å². The molecule has 5 rings (SSSR count). The lowest BCUT2D eigenvalue weighted by Gasteiger charge is -2.52. The van der Waals surface area contributed by atoms with E-state index in [0.29, 0.717) is 39.6 Å². The number of piperidine rings is 1. The SMILES string of the molecule is Cc1ccc(S(=O)(=O)N2CCCCC2)cc1NC(=O)C1CC2CCCC(C1)C21SCCS1. The van der Waals surface area contributed by atoms with Crippen LogP contribution in [0.5, 0.6) is 0 Å². The van der Waals surface area contributed by atoms with Crippen LogP contribution in [0, 0.1) is 24.7 Å². The number of anilines is 1. The number of rotatable bonds is 4. The maximum Gasteiger partial charge on any atom is 0.243 e. The first-order valence-electron chi connectivity index (χ1n) is 12.1. The summed E-state index contributed by atoms with van der Waals surface area (Å²) in [5.74, 6) is 3.82. The van der Waals surface area contributed by atoms with Gasteiger partial charge in [0.2, 0.25) is 15.9 Å². The molecule has 1 aromatic rings. The van der Waals surface area contributed by atoms with Gasteiger partial charge in [0, 0.05) is 36.2 Å². The minimum atomic E-state index is -3.51. The number of carbonyl (C=O) groups excluding carboxylic acids is 1. The highest BCUT2D eigenvalue weighted by Gasteiger charge is 2.55. The Balaban J connectivity index is 1.32. The van der Waals surface area contributed by atoms with Crippen LogP contribution in [0.15, 0.2) is 23.1 Å². The second kappa shape index (κ2) is 9.16. The second-order valence-electron chi connectivity index (χ2n) is 9.84. The molecule has 1 spiro atoms. The lowest BCUT2D eigenvalue weighted by molar-refractivity contribution is -0.122. The molecule has 2 aliphatic carbocycles. The minimum Gasteiger partial charge on any atom is -0.326 e. The van der Waals surface area contributed by atoms with Crippen molar-refractivity contribution in [1.29, 1.82) is 0 Å². The van der Waals surface area contributed by atoms with Crippen LogP contribution in [0.2, 0.25) is 0 Å². The molecule has 32 heavy (non-hydrogen) atoms. The molecule has 2 saturated carbocycles. The molecule has 2 bridgehead atoms. The lowest BCUT2D eigenvalue weighted by atomic mass is 9.67. The number of aryl methyl sites for hydroxylation is 1. The van der Waals surface area contributed by atoms with Gasteiger partial charge in [0.15, 0.2) is 0 Å². The van der Waals surface area contributed by atoms with Crippen LogP contribution >= 0.6 is 23.5 Å². The molecule has 5 nitrogen and oxygen atoms in total. The Bertz CT molecular complexity index is 953. The van der Waals surface area contributed by atoms with E-state index in [9.17, 15) is 13.2 Å². The summed E-state index contributed by atoms with van der Waals surface area (Å²) in [5.41, 5.74) is 1.55. The van der Waals surface area contributed by atoms with Crippen molar-refractivity contribution in [3.8, 4) is 0 Å². The maximum atomic E-state index is 13.3. The van der Waals surface area contributed by atoms with Crippen molar-refractivity contribution in [1.82, 2.24) is 4.31 Å². The van der Waals surface area contributed by atoms with Gasteiger partial charge in [-0.15, -0.1) is 23.5 Å². The molecule has 1 aromatic carbocycles. The van der Waals surface area contributed by atoms with Crippen molar-refractivity contribution in [2.75, 3.05) is 29.9 Å². The molecule has 4 aliphatic rings. The third-order valence-corrected chi connectivity index (χ3v) is 13.8. The van der Waals surface area contributed by atoms with E-state index < -0.39 is 10.0 Å². The van der Waals surface area contributed by atoms with Gasteiger partial charge in [-0.2, -0.15) is 4.31 Å². The Labute approximate surface area is 200 Å². The summed E-state index contributed by atoms with van der Waals surface area (Å²) in [5, 5.41) is 3.13. The molecule has 1 N–H and O–H groups in total. The van der Waals surface area contributed by atoms with E-state index in [1.807, 2.05) is 13.0 Å². The topological polar surface area (TPSA) is 66.5 Å². The van der Waals surface area contributed by atoms with Crippen LogP contribution in [0.3, 0.4) is 0 Å². The average molecular weight is 495 g/mol. The molecule has 4 fully saturated rings. The molecule has 0 radical (unpaired) electrons. The van der Waals surface area contributed by atoms with Crippen molar-refractivity contribution in [2.24, 2.45) is 17.8 Å². The molecule has 0 aromatic heterocycles. The molecule has 8 heteroatoms. The summed E-state index contributed by atoms with van der Waals surface area (Å²) in [6, 6.07) is 5.17. The van der Waals surface area contributed by atoms with E-state index in [0.717, 1.165) is 37.7 Å². The Hall–Kier alpha value is -0.700. The molecular weight excluding hydrogens is 460 g/mol. The van der Waals surface area contributed by atoms with Crippen LogP contribution in [-0.4, -0.2) is 47.3 Å². The predicted molar refractivity (Wildman–Crippen MR) is 134 cm³/mol. The highest BCUT2D eigenvalue weighted by Crippen LogP contribution is 2.64. The first-order chi connectivity index (χ1) is 15.4. The van der Waals surface area contributed by atoms with Gasteiger partial charge < -0.3 is 5.32 Å². The third-order valence-electron chi connectivity index (χ3n) is 7.91. The summed E-state index contributed by atoms with van der Waals surface area (Å²) in [6.45, 7) is 3.10. The minimum absolute atomic E-state index is 0.0273. The zero-order chi connectivity index (χ0) is 22.3. The van der Waals surface area contributed by atoms with E-state index in [4.69, 9.17) is 0 Å². The van der Waals surface area contributed by atoms with Gasteiger partial charge in [0.05, 0.1) is 8.97 Å². The number of nitrogens with zero attached hydrogens (tertiary/aromatic N) is 1. The van der Waals surface area contributed by atoms with E-state index in [2.05, 4.69) is 28.8 Å². The van der Waals surface area contributed by atoms with E-state index >= 15 is 0 Å². The van der Waals surface area contributed by atoms with Crippen LogP contribution in [0.4, 0.5) is 5.69 Å². The Kier molecular flexibility index (Phi) is 6.60.